The first-order chi connectivity index (χ1) is 13.4. The number of hydrogen-bond acceptors (Lipinski definition) is 6. The summed E-state index contributed by atoms with van der Waals surface area (Å²) < 4.78 is 7.71. The smallest absolute Gasteiger partial charge is 0.319 e. The first kappa shape index (κ1) is 20.2. The van der Waals surface area contributed by atoms with Gasteiger partial charge in [-0.2, -0.15) is 5.10 Å². The average molecular weight is 387 g/mol. The predicted molar refractivity (Wildman–Crippen MR) is 106 cm³/mol. The molecule has 3 rings (SSSR count). The molecule has 1 saturated heterocycles. The minimum Gasteiger partial charge on any atom is -0.373 e. The van der Waals surface area contributed by atoms with Gasteiger partial charge in [0.2, 0.25) is 0 Å². The van der Waals surface area contributed by atoms with E-state index in [1.807, 2.05) is 19.4 Å². The molecule has 0 bridgehead atoms. The summed E-state index contributed by atoms with van der Waals surface area (Å²) in [5, 5.41) is 9.92. The lowest BCUT2D eigenvalue weighted by Crippen LogP contribution is -2.48. The van der Waals surface area contributed by atoms with Crippen molar-refractivity contribution in [3.63, 3.8) is 0 Å². The fraction of sp³-hybridized carbons (Fsp3) is 0.579. The van der Waals surface area contributed by atoms with Crippen molar-refractivity contribution >= 4 is 11.7 Å². The summed E-state index contributed by atoms with van der Waals surface area (Å²) in [6, 6.07) is -0.261. The van der Waals surface area contributed by atoms with Crippen molar-refractivity contribution in [2.75, 3.05) is 32.1 Å². The molecule has 9 heteroatoms. The van der Waals surface area contributed by atoms with Gasteiger partial charge in [-0.15, -0.1) is 0 Å². The number of carbonyl (C=O) groups is 1. The van der Waals surface area contributed by atoms with E-state index >= 15 is 0 Å². The second kappa shape index (κ2) is 9.11. The quantitative estimate of drug-likeness (QED) is 0.781. The highest BCUT2D eigenvalue weighted by molar-refractivity contribution is 5.88. The van der Waals surface area contributed by atoms with Crippen LogP contribution in [0.2, 0.25) is 0 Å². The molecule has 2 N–H and O–H groups in total. The number of morpholine rings is 1. The SMILES string of the molecule is CC(C)Cc1ncc(NC(=O)NC[C@@H]2OCCN(C)[C@H]2c2cnn(C)c2)cn1. The lowest BCUT2D eigenvalue weighted by Gasteiger charge is -2.38. The lowest BCUT2D eigenvalue weighted by atomic mass is 10.0. The second-order valence-corrected chi connectivity index (χ2v) is 7.60. The van der Waals surface area contributed by atoms with Gasteiger partial charge < -0.3 is 15.4 Å². The van der Waals surface area contributed by atoms with E-state index in [-0.39, 0.29) is 18.2 Å². The zero-order chi connectivity index (χ0) is 20.1. The number of anilines is 1. The van der Waals surface area contributed by atoms with Gasteiger partial charge in [-0.3, -0.25) is 9.58 Å². The van der Waals surface area contributed by atoms with Gasteiger partial charge in [0.25, 0.3) is 0 Å². The second-order valence-electron chi connectivity index (χ2n) is 7.60. The van der Waals surface area contributed by atoms with Crippen LogP contribution in [0.15, 0.2) is 24.8 Å². The third-order valence-corrected chi connectivity index (χ3v) is 4.69. The van der Waals surface area contributed by atoms with Crippen LogP contribution < -0.4 is 10.6 Å². The molecule has 9 nitrogen and oxygen atoms in total. The van der Waals surface area contributed by atoms with Crippen LogP contribution >= 0.6 is 0 Å². The Morgan fingerprint density at radius 1 is 1.29 bits per heavy atom. The Labute approximate surface area is 165 Å². The fourth-order valence-electron chi connectivity index (χ4n) is 3.35. The van der Waals surface area contributed by atoms with Crippen LogP contribution in [0.4, 0.5) is 10.5 Å². The van der Waals surface area contributed by atoms with Crippen LogP contribution in [0.25, 0.3) is 0 Å². The number of nitrogens with zero attached hydrogens (tertiary/aromatic N) is 5. The van der Waals surface area contributed by atoms with E-state index in [4.69, 9.17) is 4.74 Å². The molecule has 1 aliphatic rings. The van der Waals surface area contributed by atoms with Crippen LogP contribution in [0.3, 0.4) is 0 Å². The molecule has 2 amide bonds. The summed E-state index contributed by atoms with van der Waals surface area (Å²) in [4.78, 5) is 23.1. The lowest BCUT2D eigenvalue weighted by molar-refractivity contribution is -0.0600. The Balaban J connectivity index is 1.55. The molecule has 0 spiro atoms. The fourth-order valence-corrected chi connectivity index (χ4v) is 3.35. The van der Waals surface area contributed by atoms with Crippen molar-refractivity contribution in [3.8, 4) is 0 Å². The monoisotopic (exact) mass is 387 g/mol. The number of hydrogen-bond donors (Lipinski definition) is 2. The van der Waals surface area contributed by atoms with Gasteiger partial charge in [-0.1, -0.05) is 13.8 Å². The largest absolute Gasteiger partial charge is 0.373 e. The van der Waals surface area contributed by atoms with E-state index in [0.29, 0.717) is 24.8 Å². The van der Waals surface area contributed by atoms with Gasteiger partial charge >= 0.3 is 6.03 Å². The highest BCUT2D eigenvalue weighted by atomic mass is 16.5. The maximum absolute atomic E-state index is 12.3. The summed E-state index contributed by atoms with van der Waals surface area (Å²) in [5.41, 5.74) is 1.64. The van der Waals surface area contributed by atoms with Crippen molar-refractivity contribution in [2.45, 2.75) is 32.4 Å². The Morgan fingerprint density at radius 2 is 2.04 bits per heavy atom. The van der Waals surface area contributed by atoms with Crippen molar-refractivity contribution < 1.29 is 9.53 Å². The summed E-state index contributed by atoms with van der Waals surface area (Å²) in [6.45, 7) is 6.09. The first-order valence-corrected chi connectivity index (χ1v) is 9.58. The number of aryl methyl sites for hydroxylation is 1. The summed E-state index contributed by atoms with van der Waals surface area (Å²) >= 11 is 0. The number of likely N-dealkylation sites (N-methyl/N-ethyl adjacent to an activating group) is 1. The Hall–Kier alpha value is -2.52. The first-order valence-electron chi connectivity index (χ1n) is 9.58. The third kappa shape index (κ3) is 5.26. The molecule has 0 radical (unpaired) electrons. The number of rotatable bonds is 6. The molecule has 2 atom stereocenters. The molecule has 28 heavy (non-hydrogen) atoms. The normalized spacial score (nSPS) is 20.3. The molecule has 1 aliphatic heterocycles. The van der Waals surface area contributed by atoms with E-state index in [9.17, 15) is 4.79 Å². The maximum atomic E-state index is 12.3. The van der Waals surface area contributed by atoms with Gasteiger partial charge in [-0.05, 0) is 13.0 Å². The molecule has 1 fully saturated rings. The van der Waals surface area contributed by atoms with E-state index < -0.39 is 0 Å². The molecule has 152 valence electrons. The zero-order valence-corrected chi connectivity index (χ0v) is 16.9. The van der Waals surface area contributed by atoms with E-state index in [0.717, 1.165) is 24.4 Å². The minimum atomic E-state index is -0.304. The summed E-state index contributed by atoms with van der Waals surface area (Å²) in [7, 11) is 3.95. The molecule has 0 saturated carbocycles. The highest BCUT2D eigenvalue weighted by Crippen LogP contribution is 2.27. The average Bonchev–Trinajstić information content (AvgIpc) is 3.07. The van der Waals surface area contributed by atoms with Crippen molar-refractivity contribution in [1.82, 2.24) is 30.0 Å². The number of amides is 2. The number of carbonyl (C=O) groups excluding carboxylic acids is 1. The van der Waals surface area contributed by atoms with Gasteiger partial charge in [0, 0.05) is 38.3 Å². The molecule has 0 aliphatic carbocycles. The highest BCUT2D eigenvalue weighted by Gasteiger charge is 2.32. The van der Waals surface area contributed by atoms with E-state index in [1.165, 1.54) is 0 Å². The predicted octanol–water partition coefficient (Wildman–Crippen LogP) is 1.60. The topological polar surface area (TPSA) is 97.2 Å². The van der Waals surface area contributed by atoms with Crippen molar-refractivity contribution in [1.29, 1.82) is 0 Å². The van der Waals surface area contributed by atoms with Crippen molar-refractivity contribution in [2.24, 2.45) is 13.0 Å². The van der Waals surface area contributed by atoms with Crippen LogP contribution in [0.5, 0.6) is 0 Å². The number of nitrogens with one attached hydrogen (secondary N) is 2. The van der Waals surface area contributed by atoms with Gasteiger partial charge in [0.05, 0.1) is 43.0 Å². The summed E-state index contributed by atoms with van der Waals surface area (Å²) in [6.07, 6.45) is 7.76. The standard InChI is InChI=1S/C19H29N7O2/c1-13(2)7-17-20-9-15(10-21-17)24-19(27)22-11-16-18(25(3)5-6-28-16)14-8-23-26(4)12-14/h8-10,12-13,16,18H,5-7,11H2,1-4H3,(H2,22,24,27)/t16-,18-/m0/s1. The number of urea groups is 1. The van der Waals surface area contributed by atoms with E-state index in [1.54, 1.807) is 17.1 Å². The molecule has 3 heterocycles. The van der Waals surface area contributed by atoms with Crippen LogP contribution in [0, 0.1) is 5.92 Å². The summed E-state index contributed by atoms with van der Waals surface area (Å²) in [5.74, 6) is 1.27. The van der Waals surface area contributed by atoms with Crippen LogP contribution in [-0.2, 0) is 18.2 Å². The zero-order valence-electron chi connectivity index (χ0n) is 16.9. The minimum absolute atomic E-state index is 0.0430. The molecular weight excluding hydrogens is 358 g/mol. The number of ether oxygens (including phenoxy) is 1. The molecular formula is C19H29N7O2. The van der Waals surface area contributed by atoms with E-state index in [2.05, 4.69) is 51.5 Å². The Bertz CT molecular complexity index is 775. The molecule has 0 unspecified atom stereocenters. The Morgan fingerprint density at radius 3 is 2.68 bits per heavy atom. The molecule has 2 aromatic rings. The van der Waals surface area contributed by atoms with Crippen LogP contribution in [0.1, 0.15) is 31.3 Å². The van der Waals surface area contributed by atoms with Gasteiger partial charge in [0.15, 0.2) is 0 Å². The Kier molecular flexibility index (Phi) is 6.58. The van der Waals surface area contributed by atoms with Gasteiger partial charge in [-0.25, -0.2) is 14.8 Å². The number of aromatic nitrogens is 4. The van der Waals surface area contributed by atoms with Gasteiger partial charge in [0.1, 0.15) is 5.82 Å². The van der Waals surface area contributed by atoms with Crippen molar-refractivity contribution in [3.05, 3.63) is 36.2 Å². The maximum Gasteiger partial charge on any atom is 0.319 e. The molecule has 2 aromatic heterocycles. The molecule has 0 aromatic carbocycles. The van der Waals surface area contributed by atoms with Crippen LogP contribution in [-0.4, -0.2) is 63.5 Å². The third-order valence-electron chi connectivity index (χ3n) is 4.69.